The minimum absolute atomic E-state index is 0.0195. The Kier molecular flexibility index (Phi) is 17.1. The highest BCUT2D eigenvalue weighted by molar-refractivity contribution is 6.00. The number of aliphatic hydroxyl groups is 1. The molecule has 302 valence electrons. The molecule has 0 amide bonds. The molecule has 0 spiro atoms. The van der Waals surface area contributed by atoms with Crippen molar-refractivity contribution < 1.29 is 52.8 Å². The molecule has 0 aromatic heterocycles. The van der Waals surface area contributed by atoms with E-state index in [4.69, 9.17) is 33.2 Å². The summed E-state index contributed by atoms with van der Waals surface area (Å²) in [6.07, 6.45) is -0.525. The summed E-state index contributed by atoms with van der Waals surface area (Å²) in [7, 11) is 1.20. The zero-order valence-electron chi connectivity index (χ0n) is 32.4. The fraction of sp³-hybridized carbons (Fsp3) is 0.415. The van der Waals surface area contributed by atoms with Gasteiger partial charge in [0.2, 0.25) is 0 Å². The molecule has 56 heavy (non-hydrogen) atoms. The van der Waals surface area contributed by atoms with Crippen LogP contribution in [0.3, 0.4) is 0 Å². The Morgan fingerprint density at radius 2 is 1.43 bits per heavy atom. The van der Waals surface area contributed by atoms with Crippen LogP contribution in [0.1, 0.15) is 44.7 Å². The molecule has 0 radical (unpaired) electrons. The van der Waals surface area contributed by atoms with E-state index in [-0.39, 0.29) is 48.3 Å². The number of carbonyl (C=O) groups excluding carboxylic acids is 2. The Morgan fingerprint density at radius 3 is 2.07 bits per heavy atom. The molecule has 3 aromatic carbocycles. The summed E-state index contributed by atoms with van der Waals surface area (Å²) in [6.45, 7) is 10.0. The van der Waals surface area contributed by atoms with Crippen molar-refractivity contribution in [3.05, 3.63) is 117 Å². The molecular formula is C41H51N3O12. The van der Waals surface area contributed by atoms with Crippen LogP contribution in [0.2, 0.25) is 0 Å². The van der Waals surface area contributed by atoms with E-state index in [1.54, 1.807) is 44.2 Å². The number of para-hydroxylation sites is 1. The Hall–Kier alpha value is -5.48. The van der Waals surface area contributed by atoms with Gasteiger partial charge in [0.05, 0.1) is 55.0 Å². The predicted molar refractivity (Wildman–Crippen MR) is 206 cm³/mol. The molecule has 1 aliphatic heterocycles. The number of nitrogens with one attached hydrogen (secondary N) is 2. The highest BCUT2D eigenvalue weighted by Gasteiger charge is 2.40. The number of carbonyl (C=O) groups is 2. The van der Waals surface area contributed by atoms with Crippen LogP contribution >= 0.6 is 0 Å². The maximum Gasteiger partial charge on any atom is 0.336 e. The van der Waals surface area contributed by atoms with Crippen molar-refractivity contribution >= 4 is 17.6 Å². The highest BCUT2D eigenvalue weighted by atomic mass is 16.6. The number of allylic oxidation sites excluding steroid dienone is 2. The van der Waals surface area contributed by atoms with Gasteiger partial charge in [-0.15, -0.1) is 0 Å². The SMILES string of the molecule is COC(=O)C1=C(C)NC(C)=C(C(=O)OCCOc2ccc(OCCNCC(O)COc3ccc(COCCOC(C)C)cc3)cc2)C1c1ccccc1[N+](=O)[O-]. The van der Waals surface area contributed by atoms with Gasteiger partial charge in [-0.25, -0.2) is 9.59 Å². The van der Waals surface area contributed by atoms with Gasteiger partial charge in [0.25, 0.3) is 5.69 Å². The van der Waals surface area contributed by atoms with Gasteiger partial charge in [0.1, 0.15) is 49.8 Å². The topological polar surface area (TPSA) is 186 Å². The van der Waals surface area contributed by atoms with Crippen molar-refractivity contribution in [1.82, 2.24) is 10.6 Å². The van der Waals surface area contributed by atoms with E-state index in [0.29, 0.717) is 68.2 Å². The van der Waals surface area contributed by atoms with Gasteiger partial charge in [-0.3, -0.25) is 10.1 Å². The number of nitro groups is 1. The molecule has 15 heteroatoms. The van der Waals surface area contributed by atoms with Crippen molar-refractivity contribution in [2.45, 2.75) is 52.4 Å². The molecule has 0 saturated heterocycles. The lowest BCUT2D eigenvalue weighted by Gasteiger charge is -2.30. The molecule has 0 aliphatic carbocycles. The Bertz CT molecular complexity index is 1810. The smallest absolute Gasteiger partial charge is 0.336 e. The number of nitrogens with zero attached hydrogens (tertiary/aromatic N) is 1. The molecule has 1 aliphatic rings. The van der Waals surface area contributed by atoms with E-state index >= 15 is 0 Å². The summed E-state index contributed by atoms with van der Waals surface area (Å²) in [6, 6.07) is 20.4. The number of aliphatic hydroxyl groups excluding tert-OH is 1. The van der Waals surface area contributed by atoms with Crippen molar-refractivity contribution in [3.8, 4) is 17.2 Å². The van der Waals surface area contributed by atoms with Crippen molar-refractivity contribution in [2.75, 3.05) is 59.8 Å². The first-order valence-electron chi connectivity index (χ1n) is 18.3. The lowest BCUT2D eigenvalue weighted by Crippen LogP contribution is -2.33. The van der Waals surface area contributed by atoms with E-state index in [2.05, 4.69) is 10.6 Å². The summed E-state index contributed by atoms with van der Waals surface area (Å²) in [5.41, 5.74) is 1.86. The minimum atomic E-state index is -1.10. The predicted octanol–water partition coefficient (Wildman–Crippen LogP) is 4.97. The molecule has 3 aromatic rings. The average molecular weight is 778 g/mol. The minimum Gasteiger partial charge on any atom is -0.492 e. The monoisotopic (exact) mass is 777 g/mol. The molecule has 4 rings (SSSR count). The third-order valence-corrected chi connectivity index (χ3v) is 8.48. The van der Waals surface area contributed by atoms with Crippen molar-refractivity contribution in [2.24, 2.45) is 0 Å². The summed E-state index contributed by atoms with van der Waals surface area (Å²) in [5.74, 6) is -0.792. The van der Waals surface area contributed by atoms with Gasteiger partial charge < -0.3 is 48.9 Å². The number of nitro benzene ring substituents is 1. The van der Waals surface area contributed by atoms with Crippen LogP contribution in [0.4, 0.5) is 5.69 Å². The first-order chi connectivity index (χ1) is 27.0. The maximum absolute atomic E-state index is 13.5. The zero-order chi connectivity index (χ0) is 40.5. The Morgan fingerprint density at radius 1 is 0.821 bits per heavy atom. The van der Waals surface area contributed by atoms with E-state index in [9.17, 15) is 24.8 Å². The normalized spacial score (nSPS) is 14.6. The van der Waals surface area contributed by atoms with Crippen LogP contribution in [0, 0.1) is 10.1 Å². The number of dihydropyridines is 1. The van der Waals surface area contributed by atoms with E-state index < -0.39 is 28.9 Å². The third kappa shape index (κ3) is 13.1. The molecule has 2 unspecified atom stereocenters. The second-order valence-electron chi connectivity index (χ2n) is 13.0. The lowest BCUT2D eigenvalue weighted by atomic mass is 9.79. The quantitative estimate of drug-likeness (QED) is 0.0507. The van der Waals surface area contributed by atoms with Crippen molar-refractivity contribution in [1.29, 1.82) is 0 Å². The molecule has 0 fully saturated rings. The number of hydrogen-bond donors (Lipinski definition) is 3. The first kappa shape index (κ1) is 43.3. The summed E-state index contributed by atoms with van der Waals surface area (Å²) < 4.78 is 38.8. The van der Waals surface area contributed by atoms with Crippen molar-refractivity contribution in [3.63, 3.8) is 0 Å². The van der Waals surface area contributed by atoms with Gasteiger partial charge in [0.15, 0.2) is 0 Å². The largest absolute Gasteiger partial charge is 0.492 e. The number of hydrogen-bond acceptors (Lipinski definition) is 14. The summed E-state index contributed by atoms with van der Waals surface area (Å²) in [4.78, 5) is 37.7. The molecule has 2 atom stereocenters. The van der Waals surface area contributed by atoms with Crippen LogP contribution in [0.5, 0.6) is 17.2 Å². The summed E-state index contributed by atoms with van der Waals surface area (Å²) >= 11 is 0. The van der Waals surface area contributed by atoms with Crippen LogP contribution < -0.4 is 24.8 Å². The number of ether oxygens (including phenoxy) is 7. The number of benzene rings is 3. The summed E-state index contributed by atoms with van der Waals surface area (Å²) in [5, 5.41) is 28.4. The number of methoxy groups -OCH3 is 1. The van der Waals surface area contributed by atoms with Crippen LogP contribution in [0.15, 0.2) is 95.3 Å². The number of rotatable bonds is 23. The second-order valence-corrected chi connectivity index (χ2v) is 13.0. The molecular weight excluding hydrogens is 726 g/mol. The Labute approximate surface area is 326 Å². The molecule has 0 saturated carbocycles. The first-order valence-corrected chi connectivity index (χ1v) is 18.3. The fourth-order valence-electron chi connectivity index (χ4n) is 5.83. The van der Waals surface area contributed by atoms with E-state index in [1.807, 2.05) is 38.1 Å². The van der Waals surface area contributed by atoms with E-state index in [1.165, 1.54) is 25.3 Å². The van der Waals surface area contributed by atoms with Gasteiger partial charge in [0, 0.05) is 36.1 Å². The maximum atomic E-state index is 13.5. The lowest BCUT2D eigenvalue weighted by molar-refractivity contribution is -0.385. The van der Waals surface area contributed by atoms with Crippen LogP contribution in [-0.4, -0.2) is 94.0 Å². The molecule has 15 nitrogen and oxygen atoms in total. The standard InChI is InChI=1S/C41H51N3O12/c1-27(2)52-21-20-51-25-30-10-12-34(13-11-30)56-26-31(45)24-42-18-19-53-32-14-16-33(17-15-32)54-22-23-55-41(47)38-29(4)43-28(3)37(40(46)50-5)39(38)35-8-6-7-9-36(35)44(48)49/h6-17,27,31,39,42-43,45H,18-26H2,1-5H3. The third-order valence-electron chi connectivity index (χ3n) is 8.48. The van der Waals surface area contributed by atoms with E-state index in [0.717, 1.165) is 5.56 Å². The van der Waals surface area contributed by atoms with Crippen LogP contribution in [-0.2, 0) is 35.1 Å². The Balaban J connectivity index is 1.15. The number of esters is 2. The molecule has 3 N–H and O–H groups in total. The van der Waals surface area contributed by atoms with Gasteiger partial charge in [-0.05, 0) is 69.7 Å². The molecule has 1 heterocycles. The fourth-order valence-corrected chi connectivity index (χ4v) is 5.83. The van der Waals surface area contributed by atoms with Gasteiger partial charge >= 0.3 is 11.9 Å². The highest BCUT2D eigenvalue weighted by Crippen LogP contribution is 2.42. The van der Waals surface area contributed by atoms with Gasteiger partial charge in [-0.1, -0.05) is 30.3 Å². The van der Waals surface area contributed by atoms with Crippen LogP contribution in [0.25, 0.3) is 0 Å². The molecule has 0 bridgehead atoms. The zero-order valence-corrected chi connectivity index (χ0v) is 32.4. The van der Waals surface area contributed by atoms with Gasteiger partial charge in [-0.2, -0.15) is 0 Å². The average Bonchev–Trinajstić information content (AvgIpc) is 3.18. The second kappa shape index (κ2) is 22.2.